The largest absolute Gasteiger partial charge is 0.337 e. The molecule has 0 N–H and O–H groups in total. The normalized spacial score (nSPS) is 15.5. The molecule has 0 amide bonds. The number of anilines is 1. The van der Waals surface area contributed by atoms with Gasteiger partial charge in [0.1, 0.15) is 0 Å². The van der Waals surface area contributed by atoms with Crippen molar-refractivity contribution in [3.05, 3.63) is 55.1 Å². The van der Waals surface area contributed by atoms with E-state index in [-0.39, 0.29) is 0 Å². The van der Waals surface area contributed by atoms with Crippen molar-refractivity contribution in [2.24, 2.45) is 0 Å². The Morgan fingerprint density at radius 1 is 1.05 bits per heavy atom. The maximum atomic E-state index is 12.8. The van der Waals surface area contributed by atoms with Crippen molar-refractivity contribution >= 4 is 26.5 Å². The molecular formula is C16H15N3O2S. The minimum atomic E-state index is -3.43. The van der Waals surface area contributed by atoms with Gasteiger partial charge in [-0.3, -0.25) is 4.31 Å². The number of aromatic nitrogens is 2. The van der Waals surface area contributed by atoms with Crippen LogP contribution < -0.4 is 4.31 Å². The molecule has 0 saturated heterocycles. The van der Waals surface area contributed by atoms with Crippen molar-refractivity contribution in [2.45, 2.75) is 17.9 Å². The third-order valence-electron chi connectivity index (χ3n) is 4.02. The Kier molecular flexibility index (Phi) is 2.94. The van der Waals surface area contributed by atoms with Crippen LogP contribution in [0.25, 0.3) is 10.8 Å². The molecule has 6 heteroatoms. The predicted molar refractivity (Wildman–Crippen MR) is 85.3 cm³/mol. The average molecular weight is 313 g/mol. The average Bonchev–Trinajstić information content (AvgIpc) is 3.10. The van der Waals surface area contributed by atoms with E-state index in [0.717, 1.165) is 29.4 Å². The van der Waals surface area contributed by atoms with Crippen molar-refractivity contribution in [1.82, 2.24) is 9.55 Å². The van der Waals surface area contributed by atoms with E-state index in [4.69, 9.17) is 0 Å². The molecule has 4 rings (SSSR count). The topological polar surface area (TPSA) is 55.2 Å². The fourth-order valence-electron chi connectivity index (χ4n) is 3.01. The zero-order valence-electron chi connectivity index (χ0n) is 11.9. The lowest BCUT2D eigenvalue weighted by atomic mass is 10.1. The van der Waals surface area contributed by atoms with Gasteiger partial charge in [-0.25, -0.2) is 13.4 Å². The number of rotatable bonds is 4. The quantitative estimate of drug-likeness (QED) is 0.744. The van der Waals surface area contributed by atoms with Crippen LogP contribution in [0.1, 0.15) is 6.42 Å². The van der Waals surface area contributed by atoms with Crippen LogP contribution in [-0.4, -0.2) is 24.5 Å². The summed E-state index contributed by atoms with van der Waals surface area (Å²) in [6.07, 6.45) is 6.09. The molecule has 0 aliphatic carbocycles. The van der Waals surface area contributed by atoms with Crippen LogP contribution in [-0.2, 0) is 16.6 Å². The highest BCUT2D eigenvalue weighted by Gasteiger charge is 2.34. The molecule has 5 nitrogen and oxygen atoms in total. The van der Waals surface area contributed by atoms with Crippen LogP contribution in [0.3, 0.4) is 0 Å². The highest BCUT2D eigenvalue weighted by atomic mass is 32.2. The molecule has 3 aromatic rings. The molecule has 1 aliphatic rings. The Labute approximate surface area is 128 Å². The summed E-state index contributed by atoms with van der Waals surface area (Å²) in [6.45, 7) is 1.21. The predicted octanol–water partition coefficient (Wildman–Crippen LogP) is 2.64. The third-order valence-corrected chi connectivity index (χ3v) is 5.87. The monoisotopic (exact) mass is 313 g/mol. The van der Waals surface area contributed by atoms with Crippen molar-refractivity contribution in [2.75, 3.05) is 10.8 Å². The number of aryl methyl sites for hydroxylation is 1. The van der Waals surface area contributed by atoms with Gasteiger partial charge in [0.2, 0.25) is 0 Å². The molecule has 2 heterocycles. The lowest BCUT2D eigenvalue weighted by molar-refractivity contribution is 0.586. The van der Waals surface area contributed by atoms with Gasteiger partial charge in [0, 0.05) is 30.9 Å². The van der Waals surface area contributed by atoms with Crippen LogP contribution in [0.15, 0.2) is 60.0 Å². The van der Waals surface area contributed by atoms with Gasteiger partial charge in [-0.05, 0) is 23.9 Å². The van der Waals surface area contributed by atoms with Crippen molar-refractivity contribution in [3.8, 4) is 0 Å². The van der Waals surface area contributed by atoms with Gasteiger partial charge >= 0.3 is 0 Å². The first-order valence-corrected chi connectivity index (χ1v) is 8.62. The molecule has 0 fully saturated rings. The Morgan fingerprint density at radius 3 is 2.64 bits per heavy atom. The zero-order chi connectivity index (χ0) is 15.2. The summed E-state index contributed by atoms with van der Waals surface area (Å²) in [5, 5.41) is 1.81. The summed E-state index contributed by atoms with van der Waals surface area (Å²) in [7, 11) is -3.43. The maximum absolute atomic E-state index is 12.8. The summed E-state index contributed by atoms with van der Waals surface area (Å²) < 4.78 is 29.0. The number of benzene rings is 2. The van der Waals surface area contributed by atoms with Crippen molar-refractivity contribution in [3.63, 3.8) is 0 Å². The van der Waals surface area contributed by atoms with Crippen LogP contribution >= 0.6 is 0 Å². The molecule has 0 spiro atoms. The first-order chi connectivity index (χ1) is 10.7. The molecule has 2 aromatic carbocycles. The summed E-state index contributed by atoms with van der Waals surface area (Å²) in [5.41, 5.74) is 0.790. The maximum Gasteiger partial charge on any atom is 0.265 e. The molecule has 112 valence electrons. The fourth-order valence-corrected chi connectivity index (χ4v) is 4.76. The molecular weight excluding hydrogens is 298 g/mol. The molecule has 0 bridgehead atoms. The molecule has 1 aromatic heterocycles. The number of hydrogen-bond acceptors (Lipinski definition) is 3. The first kappa shape index (κ1) is 13.3. The van der Waals surface area contributed by atoms with E-state index < -0.39 is 10.0 Å². The standard InChI is InChI=1S/C16H15N3O2S/c20-22(21)15-7-2-5-13-4-1-6-14(16(13)15)19(22)10-3-9-18-11-8-17-12-18/h1-2,4-8,11-12H,3,9-10H2. The highest BCUT2D eigenvalue weighted by Crippen LogP contribution is 2.41. The smallest absolute Gasteiger partial charge is 0.265 e. The minimum absolute atomic E-state index is 0.420. The van der Waals surface area contributed by atoms with E-state index in [9.17, 15) is 8.42 Å². The molecule has 22 heavy (non-hydrogen) atoms. The molecule has 0 radical (unpaired) electrons. The SMILES string of the molecule is O=S1(=O)c2cccc3cccc(c23)N1CCCn1ccnc1. The molecule has 1 aliphatic heterocycles. The molecule has 0 unspecified atom stereocenters. The second-order valence-electron chi connectivity index (χ2n) is 5.36. The first-order valence-electron chi connectivity index (χ1n) is 7.18. The van der Waals surface area contributed by atoms with Gasteiger partial charge in [-0.15, -0.1) is 0 Å². The van der Waals surface area contributed by atoms with Crippen LogP contribution in [0.5, 0.6) is 0 Å². The molecule has 0 atom stereocenters. The molecule has 0 saturated carbocycles. The van der Waals surface area contributed by atoms with E-state index >= 15 is 0 Å². The third kappa shape index (κ3) is 1.91. The Hall–Kier alpha value is -2.34. The van der Waals surface area contributed by atoms with E-state index in [0.29, 0.717) is 11.4 Å². The summed E-state index contributed by atoms with van der Waals surface area (Å²) >= 11 is 0. The second kappa shape index (κ2) is 4.84. The lowest BCUT2D eigenvalue weighted by Crippen LogP contribution is -2.28. The summed E-state index contributed by atoms with van der Waals surface area (Å²) in [6, 6.07) is 11.2. The van der Waals surface area contributed by atoms with Gasteiger partial charge in [0.25, 0.3) is 10.0 Å². The van der Waals surface area contributed by atoms with Crippen molar-refractivity contribution in [1.29, 1.82) is 0 Å². The minimum Gasteiger partial charge on any atom is -0.337 e. The van der Waals surface area contributed by atoms with Gasteiger partial charge in [0.05, 0.1) is 16.9 Å². The van der Waals surface area contributed by atoms with Crippen LogP contribution in [0, 0.1) is 0 Å². The van der Waals surface area contributed by atoms with Gasteiger partial charge in [-0.1, -0.05) is 24.3 Å². The van der Waals surface area contributed by atoms with E-state index in [1.54, 1.807) is 24.7 Å². The number of nitrogens with zero attached hydrogens (tertiary/aromatic N) is 3. The Balaban J connectivity index is 1.68. The fraction of sp³-hybridized carbons (Fsp3) is 0.188. The zero-order valence-corrected chi connectivity index (χ0v) is 12.7. The Morgan fingerprint density at radius 2 is 1.86 bits per heavy atom. The number of hydrogen-bond donors (Lipinski definition) is 0. The number of imidazole rings is 1. The van der Waals surface area contributed by atoms with Gasteiger partial charge in [-0.2, -0.15) is 0 Å². The van der Waals surface area contributed by atoms with Crippen LogP contribution in [0.4, 0.5) is 5.69 Å². The van der Waals surface area contributed by atoms with E-state index in [2.05, 4.69) is 4.98 Å². The summed E-state index contributed by atoms with van der Waals surface area (Å²) in [4.78, 5) is 4.42. The van der Waals surface area contributed by atoms with Crippen LogP contribution in [0.2, 0.25) is 0 Å². The van der Waals surface area contributed by atoms with Crippen molar-refractivity contribution < 1.29 is 8.42 Å². The number of sulfonamides is 1. The summed E-state index contributed by atoms with van der Waals surface area (Å²) in [5.74, 6) is 0. The van der Waals surface area contributed by atoms with E-state index in [1.807, 2.05) is 35.0 Å². The highest BCUT2D eigenvalue weighted by molar-refractivity contribution is 7.93. The van der Waals surface area contributed by atoms with E-state index in [1.165, 1.54) is 4.31 Å². The Bertz CT molecular complexity index is 928. The second-order valence-corrected chi connectivity index (χ2v) is 7.19. The lowest BCUT2D eigenvalue weighted by Gasteiger charge is -2.18. The van der Waals surface area contributed by atoms with Gasteiger partial charge < -0.3 is 4.57 Å². The van der Waals surface area contributed by atoms with Gasteiger partial charge in [0.15, 0.2) is 0 Å².